The zero-order valence-corrected chi connectivity index (χ0v) is 12.9. The number of hydrogen-bond acceptors (Lipinski definition) is 3. The first kappa shape index (κ1) is 15.1. The number of aryl methyl sites for hydroxylation is 3. The number of ketones is 1. The number of benzene rings is 2. The van der Waals surface area contributed by atoms with E-state index in [0.29, 0.717) is 17.1 Å². The molecular formula is C18H20O3. The molecule has 0 N–H and O–H groups in total. The Labute approximate surface area is 125 Å². The molecule has 0 aromatic heterocycles. The van der Waals surface area contributed by atoms with Crippen LogP contribution in [-0.2, 0) is 0 Å². The van der Waals surface area contributed by atoms with E-state index in [2.05, 4.69) is 6.07 Å². The number of methoxy groups -OCH3 is 1. The molecule has 0 unspecified atom stereocenters. The van der Waals surface area contributed by atoms with Crippen LogP contribution in [0.25, 0.3) is 0 Å². The van der Waals surface area contributed by atoms with Gasteiger partial charge < -0.3 is 9.47 Å². The average molecular weight is 284 g/mol. The fourth-order valence-electron chi connectivity index (χ4n) is 2.27. The molecule has 2 aromatic rings. The van der Waals surface area contributed by atoms with Crippen LogP contribution in [-0.4, -0.2) is 19.5 Å². The van der Waals surface area contributed by atoms with Crippen LogP contribution in [0.1, 0.15) is 27.0 Å². The molecule has 0 radical (unpaired) electrons. The standard InChI is InChI=1S/C18H20O3/c1-12-5-6-16(18(10-12)20-4)17(19)11-21-15-8-13(2)7-14(3)9-15/h5-10H,11H2,1-4H3. The van der Waals surface area contributed by atoms with Crippen molar-refractivity contribution in [3.63, 3.8) is 0 Å². The Morgan fingerprint density at radius 3 is 2.24 bits per heavy atom. The maximum atomic E-state index is 12.3. The van der Waals surface area contributed by atoms with Crippen molar-refractivity contribution in [2.24, 2.45) is 0 Å². The van der Waals surface area contributed by atoms with Crippen LogP contribution in [0.15, 0.2) is 36.4 Å². The van der Waals surface area contributed by atoms with Crippen molar-refractivity contribution >= 4 is 5.78 Å². The molecule has 2 rings (SSSR count). The van der Waals surface area contributed by atoms with Crippen LogP contribution < -0.4 is 9.47 Å². The second-order valence-corrected chi connectivity index (χ2v) is 5.24. The summed E-state index contributed by atoms with van der Waals surface area (Å²) in [6.45, 7) is 5.97. The number of rotatable bonds is 5. The van der Waals surface area contributed by atoms with Gasteiger partial charge in [0.05, 0.1) is 12.7 Å². The first-order valence-corrected chi connectivity index (χ1v) is 6.88. The van der Waals surface area contributed by atoms with Crippen LogP contribution in [0.3, 0.4) is 0 Å². The van der Waals surface area contributed by atoms with Gasteiger partial charge in [0.1, 0.15) is 11.5 Å². The van der Waals surface area contributed by atoms with Gasteiger partial charge in [-0.25, -0.2) is 0 Å². The first-order valence-electron chi connectivity index (χ1n) is 6.88. The maximum Gasteiger partial charge on any atom is 0.203 e. The van der Waals surface area contributed by atoms with E-state index in [0.717, 1.165) is 16.7 Å². The van der Waals surface area contributed by atoms with E-state index >= 15 is 0 Å². The number of ether oxygens (including phenoxy) is 2. The van der Waals surface area contributed by atoms with Gasteiger partial charge in [-0.15, -0.1) is 0 Å². The maximum absolute atomic E-state index is 12.3. The zero-order valence-electron chi connectivity index (χ0n) is 12.9. The van der Waals surface area contributed by atoms with Gasteiger partial charge in [0, 0.05) is 0 Å². The summed E-state index contributed by atoms with van der Waals surface area (Å²) in [4.78, 5) is 12.3. The van der Waals surface area contributed by atoms with Crippen molar-refractivity contribution in [2.45, 2.75) is 20.8 Å². The van der Waals surface area contributed by atoms with E-state index < -0.39 is 0 Å². The second kappa shape index (κ2) is 6.44. The Morgan fingerprint density at radius 2 is 1.62 bits per heavy atom. The van der Waals surface area contributed by atoms with Crippen LogP contribution in [0.4, 0.5) is 0 Å². The predicted octanol–water partition coefficient (Wildman–Crippen LogP) is 3.88. The molecule has 0 amide bonds. The van der Waals surface area contributed by atoms with Crippen molar-refractivity contribution in [3.05, 3.63) is 58.7 Å². The molecule has 2 aromatic carbocycles. The molecule has 3 nitrogen and oxygen atoms in total. The van der Waals surface area contributed by atoms with E-state index in [1.807, 2.05) is 45.0 Å². The monoisotopic (exact) mass is 284 g/mol. The smallest absolute Gasteiger partial charge is 0.203 e. The minimum absolute atomic E-state index is 0.00230. The molecule has 3 heteroatoms. The summed E-state index contributed by atoms with van der Waals surface area (Å²) in [5.41, 5.74) is 3.84. The van der Waals surface area contributed by atoms with E-state index in [9.17, 15) is 4.79 Å². The largest absolute Gasteiger partial charge is 0.496 e. The summed E-state index contributed by atoms with van der Waals surface area (Å²) >= 11 is 0. The van der Waals surface area contributed by atoms with Crippen LogP contribution in [0.5, 0.6) is 11.5 Å². The van der Waals surface area contributed by atoms with Gasteiger partial charge in [0.2, 0.25) is 5.78 Å². The molecule has 0 atom stereocenters. The second-order valence-electron chi connectivity index (χ2n) is 5.24. The summed E-state index contributed by atoms with van der Waals surface area (Å²) in [7, 11) is 1.57. The lowest BCUT2D eigenvalue weighted by molar-refractivity contribution is 0.0918. The Balaban J connectivity index is 2.11. The minimum atomic E-state index is -0.0917. The van der Waals surface area contributed by atoms with Gasteiger partial charge in [-0.05, 0) is 61.7 Å². The van der Waals surface area contributed by atoms with E-state index in [1.54, 1.807) is 13.2 Å². The van der Waals surface area contributed by atoms with Gasteiger partial charge >= 0.3 is 0 Å². The van der Waals surface area contributed by atoms with Crippen LogP contribution in [0, 0.1) is 20.8 Å². The summed E-state index contributed by atoms with van der Waals surface area (Å²) < 4.78 is 10.9. The lowest BCUT2D eigenvalue weighted by Gasteiger charge is -2.10. The molecule has 0 aliphatic heterocycles. The van der Waals surface area contributed by atoms with Crippen molar-refractivity contribution in [3.8, 4) is 11.5 Å². The van der Waals surface area contributed by atoms with Gasteiger partial charge in [-0.2, -0.15) is 0 Å². The van der Waals surface area contributed by atoms with Gasteiger partial charge in [-0.3, -0.25) is 4.79 Å². The summed E-state index contributed by atoms with van der Waals surface area (Å²) in [5.74, 6) is 1.21. The van der Waals surface area contributed by atoms with Crippen molar-refractivity contribution in [1.29, 1.82) is 0 Å². The summed E-state index contributed by atoms with van der Waals surface area (Å²) in [6.07, 6.45) is 0. The molecular weight excluding hydrogens is 264 g/mol. The SMILES string of the molecule is COc1cc(C)ccc1C(=O)COc1cc(C)cc(C)c1. The zero-order chi connectivity index (χ0) is 15.4. The van der Waals surface area contributed by atoms with Crippen molar-refractivity contribution in [2.75, 3.05) is 13.7 Å². The van der Waals surface area contributed by atoms with Crippen LogP contribution in [0.2, 0.25) is 0 Å². The lowest BCUT2D eigenvalue weighted by Crippen LogP contribution is -2.13. The quantitative estimate of drug-likeness (QED) is 0.782. The predicted molar refractivity (Wildman–Crippen MR) is 83.5 cm³/mol. The molecule has 0 bridgehead atoms. The highest BCUT2D eigenvalue weighted by molar-refractivity contribution is 5.99. The third-order valence-electron chi connectivity index (χ3n) is 3.22. The van der Waals surface area contributed by atoms with Crippen molar-refractivity contribution in [1.82, 2.24) is 0 Å². The van der Waals surface area contributed by atoms with E-state index in [1.165, 1.54) is 0 Å². The molecule has 0 fully saturated rings. The summed E-state index contributed by atoms with van der Waals surface area (Å²) in [5, 5.41) is 0. The highest BCUT2D eigenvalue weighted by Crippen LogP contribution is 2.21. The summed E-state index contributed by atoms with van der Waals surface area (Å²) in [6, 6.07) is 11.4. The van der Waals surface area contributed by atoms with Gasteiger partial charge in [0.25, 0.3) is 0 Å². The van der Waals surface area contributed by atoms with E-state index in [-0.39, 0.29) is 12.4 Å². The Bertz CT molecular complexity index is 639. The lowest BCUT2D eigenvalue weighted by atomic mass is 10.1. The van der Waals surface area contributed by atoms with Gasteiger partial charge in [-0.1, -0.05) is 12.1 Å². The number of carbonyl (C=O) groups excluding carboxylic acids is 1. The third kappa shape index (κ3) is 3.85. The fourth-order valence-corrected chi connectivity index (χ4v) is 2.27. The molecule has 110 valence electrons. The van der Waals surface area contributed by atoms with E-state index in [4.69, 9.17) is 9.47 Å². The number of carbonyl (C=O) groups is 1. The highest BCUT2D eigenvalue weighted by Gasteiger charge is 2.13. The Hall–Kier alpha value is -2.29. The molecule has 21 heavy (non-hydrogen) atoms. The Morgan fingerprint density at radius 1 is 0.952 bits per heavy atom. The molecule has 0 aliphatic rings. The minimum Gasteiger partial charge on any atom is -0.496 e. The topological polar surface area (TPSA) is 35.5 Å². The molecule has 0 saturated carbocycles. The van der Waals surface area contributed by atoms with Crippen LogP contribution >= 0.6 is 0 Å². The molecule has 0 aliphatic carbocycles. The number of hydrogen-bond donors (Lipinski definition) is 0. The molecule has 0 spiro atoms. The highest BCUT2D eigenvalue weighted by atomic mass is 16.5. The molecule has 0 saturated heterocycles. The van der Waals surface area contributed by atoms with Crippen molar-refractivity contribution < 1.29 is 14.3 Å². The first-order chi connectivity index (χ1) is 9.99. The normalized spacial score (nSPS) is 10.3. The third-order valence-corrected chi connectivity index (χ3v) is 3.22. The average Bonchev–Trinajstić information content (AvgIpc) is 2.43. The fraction of sp³-hybridized carbons (Fsp3) is 0.278. The van der Waals surface area contributed by atoms with Gasteiger partial charge in [0.15, 0.2) is 6.61 Å². The Kier molecular flexibility index (Phi) is 4.63. The molecule has 0 heterocycles. The number of Topliss-reactive ketones (excluding diaryl/α,β-unsaturated/α-hetero) is 1.